The molecule has 0 atom stereocenters. The first-order chi connectivity index (χ1) is 16.2. The van der Waals surface area contributed by atoms with Gasteiger partial charge in [-0.05, 0) is 129 Å². The van der Waals surface area contributed by atoms with Crippen molar-refractivity contribution in [1.82, 2.24) is 4.98 Å². The van der Waals surface area contributed by atoms with Crippen LogP contribution in [-0.2, 0) is 11.8 Å². The Labute approximate surface area is 195 Å². The molecule has 4 saturated carbocycles. The number of aryl methyl sites for hydroxylation is 1. The van der Waals surface area contributed by atoms with Crippen LogP contribution in [0.1, 0.15) is 62.5 Å². The predicted molar refractivity (Wildman–Crippen MR) is 132 cm³/mol. The molecule has 4 heteroatoms. The molecule has 4 aliphatic carbocycles. The van der Waals surface area contributed by atoms with Gasteiger partial charge in [-0.1, -0.05) is 6.07 Å². The zero-order valence-corrected chi connectivity index (χ0v) is 19.4. The average Bonchev–Trinajstić information content (AvgIpc) is 3.42. The number of unbranched alkanes of at least 4 members (excludes halogenated alkanes) is 1. The number of aromatic nitrogens is 1. The first-order valence-corrected chi connectivity index (χ1v) is 13.0. The van der Waals surface area contributed by atoms with Crippen molar-refractivity contribution in [3.63, 3.8) is 0 Å². The van der Waals surface area contributed by atoms with Gasteiger partial charge < -0.3 is 20.2 Å². The van der Waals surface area contributed by atoms with Crippen LogP contribution < -0.4 is 15.2 Å². The van der Waals surface area contributed by atoms with Gasteiger partial charge in [0.15, 0.2) is 11.5 Å². The predicted octanol–water partition coefficient (Wildman–Crippen LogP) is 6.31. The normalized spacial score (nSPS) is 29.3. The minimum Gasteiger partial charge on any atom is -0.454 e. The van der Waals surface area contributed by atoms with Gasteiger partial charge in [-0.25, -0.2) is 0 Å². The molecule has 8 rings (SSSR count). The Morgan fingerprint density at radius 2 is 1.64 bits per heavy atom. The monoisotopic (exact) mass is 442 g/mol. The number of hydrogen-bond acceptors (Lipinski definition) is 3. The summed E-state index contributed by atoms with van der Waals surface area (Å²) >= 11 is 0. The number of H-pyrrole nitrogens is 1. The van der Waals surface area contributed by atoms with Crippen LogP contribution in [0.5, 0.6) is 11.5 Å². The molecule has 0 radical (unpaired) electrons. The summed E-state index contributed by atoms with van der Waals surface area (Å²) in [5, 5.41) is 1.41. The Morgan fingerprint density at radius 3 is 2.39 bits per heavy atom. The third-order valence-corrected chi connectivity index (χ3v) is 9.10. The van der Waals surface area contributed by atoms with Gasteiger partial charge in [-0.15, -0.1) is 0 Å². The maximum atomic E-state index is 5.85. The lowest BCUT2D eigenvalue weighted by atomic mass is 9.48. The smallest absolute Gasteiger partial charge is 0.231 e. The molecule has 0 spiro atoms. The van der Waals surface area contributed by atoms with Gasteiger partial charge in [0.2, 0.25) is 6.79 Å². The van der Waals surface area contributed by atoms with E-state index in [4.69, 9.17) is 15.2 Å². The van der Waals surface area contributed by atoms with E-state index in [9.17, 15) is 0 Å². The highest BCUT2D eigenvalue weighted by atomic mass is 16.7. The Hall–Kier alpha value is -2.46. The summed E-state index contributed by atoms with van der Waals surface area (Å²) in [6, 6.07) is 13.7. The van der Waals surface area contributed by atoms with E-state index in [1.807, 2.05) is 6.07 Å². The molecular weight excluding hydrogens is 408 g/mol. The van der Waals surface area contributed by atoms with E-state index in [-0.39, 0.29) is 0 Å². The molecular formula is C29H34N2O2. The van der Waals surface area contributed by atoms with Crippen LogP contribution in [0.4, 0.5) is 0 Å². The summed E-state index contributed by atoms with van der Waals surface area (Å²) in [5.74, 6) is 4.57. The van der Waals surface area contributed by atoms with Crippen LogP contribution in [-0.4, -0.2) is 18.3 Å². The van der Waals surface area contributed by atoms with Crippen LogP contribution in [0.2, 0.25) is 0 Å². The van der Waals surface area contributed by atoms with Crippen molar-refractivity contribution in [2.45, 2.75) is 63.2 Å². The first-order valence-electron chi connectivity index (χ1n) is 13.0. The molecule has 4 fully saturated rings. The number of aromatic amines is 1. The molecule has 1 aromatic heterocycles. The molecule has 4 bridgehead atoms. The number of nitrogens with one attached hydrogen (secondary N) is 1. The lowest BCUT2D eigenvalue weighted by Gasteiger charge is -2.57. The van der Waals surface area contributed by atoms with Gasteiger partial charge in [-0.2, -0.15) is 0 Å². The van der Waals surface area contributed by atoms with Crippen molar-refractivity contribution in [2.24, 2.45) is 23.5 Å². The Kier molecular flexibility index (Phi) is 4.55. The minimum atomic E-state index is 0.309. The van der Waals surface area contributed by atoms with Gasteiger partial charge in [-0.3, -0.25) is 0 Å². The Balaban J connectivity index is 1.33. The second-order valence-electron chi connectivity index (χ2n) is 11.3. The fraction of sp³-hybridized carbons (Fsp3) is 0.517. The molecule has 0 saturated heterocycles. The number of nitrogens with two attached hydrogens (primary N) is 1. The maximum Gasteiger partial charge on any atom is 0.231 e. The topological polar surface area (TPSA) is 60.3 Å². The Bertz CT molecular complexity index is 1170. The third-order valence-electron chi connectivity index (χ3n) is 9.10. The van der Waals surface area contributed by atoms with Crippen molar-refractivity contribution in [1.29, 1.82) is 0 Å². The molecule has 33 heavy (non-hydrogen) atoms. The van der Waals surface area contributed by atoms with Crippen LogP contribution in [0.3, 0.4) is 0 Å². The summed E-state index contributed by atoms with van der Waals surface area (Å²) in [6.45, 7) is 1.06. The van der Waals surface area contributed by atoms with Crippen LogP contribution >= 0.6 is 0 Å². The summed E-state index contributed by atoms with van der Waals surface area (Å²) in [4.78, 5) is 3.77. The lowest BCUT2D eigenvalue weighted by Crippen LogP contribution is -2.48. The quantitative estimate of drug-likeness (QED) is 0.440. The number of hydrogen-bond donors (Lipinski definition) is 2. The average molecular weight is 443 g/mol. The fourth-order valence-electron chi connectivity index (χ4n) is 8.05. The first kappa shape index (κ1) is 20.0. The van der Waals surface area contributed by atoms with Gasteiger partial charge >= 0.3 is 0 Å². The molecule has 4 nitrogen and oxygen atoms in total. The summed E-state index contributed by atoms with van der Waals surface area (Å²) in [7, 11) is 0. The lowest BCUT2D eigenvalue weighted by molar-refractivity contribution is -0.00513. The van der Waals surface area contributed by atoms with Crippen LogP contribution in [0.25, 0.3) is 22.2 Å². The van der Waals surface area contributed by atoms with Crippen molar-refractivity contribution >= 4 is 10.9 Å². The van der Waals surface area contributed by atoms with Crippen molar-refractivity contribution in [3.8, 4) is 22.8 Å². The number of rotatable bonds is 6. The maximum absolute atomic E-state index is 5.85. The molecule has 0 amide bonds. The largest absolute Gasteiger partial charge is 0.454 e. The van der Waals surface area contributed by atoms with Crippen molar-refractivity contribution < 1.29 is 9.47 Å². The summed E-state index contributed by atoms with van der Waals surface area (Å²) in [5.41, 5.74) is 13.0. The van der Waals surface area contributed by atoms with Crippen molar-refractivity contribution in [3.05, 3.63) is 47.5 Å². The van der Waals surface area contributed by atoms with E-state index >= 15 is 0 Å². The zero-order chi connectivity index (χ0) is 22.0. The molecule has 1 aliphatic heterocycles. The summed E-state index contributed by atoms with van der Waals surface area (Å²) in [6.07, 6.45) is 11.9. The van der Waals surface area contributed by atoms with Crippen LogP contribution in [0, 0.1) is 17.8 Å². The zero-order valence-electron chi connectivity index (χ0n) is 19.4. The molecule has 3 N–H and O–H groups in total. The van der Waals surface area contributed by atoms with E-state index < -0.39 is 0 Å². The van der Waals surface area contributed by atoms with E-state index in [0.717, 1.165) is 55.1 Å². The minimum absolute atomic E-state index is 0.309. The van der Waals surface area contributed by atoms with E-state index in [0.29, 0.717) is 12.2 Å². The SMILES string of the molecule is NCCCCc1c(-c2ccc3c(c2)OCO3)[nH]c2ccc(C34CC5CC(CC(C5)C3)C4)cc12. The van der Waals surface area contributed by atoms with E-state index in [1.54, 1.807) is 5.56 Å². The highest BCUT2D eigenvalue weighted by Crippen LogP contribution is 2.61. The number of benzene rings is 2. The van der Waals surface area contributed by atoms with Crippen LogP contribution in [0.15, 0.2) is 36.4 Å². The van der Waals surface area contributed by atoms with Gasteiger partial charge in [0.05, 0.1) is 0 Å². The number of fused-ring (bicyclic) bond motifs is 2. The van der Waals surface area contributed by atoms with E-state index in [2.05, 4.69) is 35.3 Å². The van der Waals surface area contributed by atoms with Gasteiger partial charge in [0.25, 0.3) is 0 Å². The molecule has 2 heterocycles. The second-order valence-corrected chi connectivity index (χ2v) is 11.3. The van der Waals surface area contributed by atoms with Gasteiger partial charge in [0, 0.05) is 22.2 Å². The molecule has 3 aromatic rings. The number of ether oxygens (including phenoxy) is 2. The highest BCUT2D eigenvalue weighted by molar-refractivity contribution is 5.92. The van der Waals surface area contributed by atoms with E-state index in [1.165, 1.54) is 66.2 Å². The highest BCUT2D eigenvalue weighted by Gasteiger charge is 2.51. The molecule has 172 valence electrons. The molecule has 0 unspecified atom stereocenters. The van der Waals surface area contributed by atoms with Crippen molar-refractivity contribution in [2.75, 3.05) is 13.3 Å². The summed E-state index contributed by atoms with van der Waals surface area (Å²) < 4.78 is 11.2. The second kappa shape index (κ2) is 7.53. The third kappa shape index (κ3) is 3.21. The standard InChI is InChI=1S/C29H34N2O2/c30-8-2-1-3-23-24-13-22(29-14-18-9-19(15-29)11-20(10-18)16-29)5-6-25(24)31-28(23)21-4-7-26-27(12-21)33-17-32-26/h4-7,12-13,18-20,31H,1-3,8-11,14-17,30H2. The fourth-order valence-corrected chi connectivity index (χ4v) is 8.05. The van der Waals surface area contributed by atoms with Gasteiger partial charge in [0.1, 0.15) is 0 Å². The Morgan fingerprint density at radius 1 is 0.879 bits per heavy atom. The molecule has 5 aliphatic rings. The molecule has 2 aromatic carbocycles.